The van der Waals surface area contributed by atoms with Crippen molar-refractivity contribution in [1.29, 1.82) is 0 Å². The van der Waals surface area contributed by atoms with E-state index in [-0.39, 0.29) is 10.6 Å². The topological polar surface area (TPSA) is 143 Å². The van der Waals surface area contributed by atoms with Crippen molar-refractivity contribution in [3.63, 3.8) is 0 Å². The first-order chi connectivity index (χ1) is 17.1. The number of aromatic nitrogens is 3. The van der Waals surface area contributed by atoms with E-state index in [2.05, 4.69) is 58.5 Å². The minimum Gasteiger partial charge on any atom is -0.507 e. The van der Waals surface area contributed by atoms with Crippen molar-refractivity contribution in [2.24, 2.45) is 11.1 Å². The number of anilines is 3. The van der Waals surface area contributed by atoms with E-state index >= 15 is 0 Å². The van der Waals surface area contributed by atoms with E-state index in [0.717, 1.165) is 33.9 Å². The van der Waals surface area contributed by atoms with Gasteiger partial charge in [-0.2, -0.15) is 4.98 Å². The van der Waals surface area contributed by atoms with Gasteiger partial charge in [-0.25, -0.2) is 23.5 Å². The zero-order chi connectivity index (χ0) is 25.9. The lowest BCUT2D eigenvalue weighted by molar-refractivity contribution is 0.458. The molecule has 4 aromatic rings. The van der Waals surface area contributed by atoms with Gasteiger partial charge in [0.25, 0.3) is 0 Å². The first-order valence-corrected chi connectivity index (χ1v) is 14.1. The van der Waals surface area contributed by atoms with E-state index < -0.39 is 10.0 Å². The summed E-state index contributed by atoms with van der Waals surface area (Å²) in [5, 5.41) is 22.3. The van der Waals surface area contributed by atoms with Crippen LogP contribution in [0.1, 0.15) is 37.6 Å². The third-order valence-corrected chi connectivity index (χ3v) is 7.39. The van der Waals surface area contributed by atoms with E-state index in [4.69, 9.17) is 5.14 Å². The number of hydrogen-bond donors (Lipinski definition) is 4. The third kappa shape index (κ3) is 6.48. The molecule has 0 bridgehead atoms. The second kappa shape index (κ2) is 10.8. The number of nitrogens with two attached hydrogens (primary N) is 1. The fourth-order valence-corrected chi connectivity index (χ4v) is 5.39. The number of aromatic hydroxyl groups is 1. The summed E-state index contributed by atoms with van der Waals surface area (Å²) < 4.78 is 24.5. The van der Waals surface area contributed by atoms with E-state index in [1.165, 1.54) is 17.7 Å². The molecule has 2 heterocycles. The quantitative estimate of drug-likeness (QED) is 0.235. The molecule has 0 amide bonds. The molecule has 9 nitrogen and oxygen atoms in total. The molecule has 0 fully saturated rings. The van der Waals surface area contributed by atoms with E-state index in [1.807, 2.05) is 12.1 Å². The summed E-state index contributed by atoms with van der Waals surface area (Å²) >= 11 is 1.58. The van der Waals surface area contributed by atoms with Crippen molar-refractivity contribution in [2.75, 3.05) is 17.2 Å². The van der Waals surface area contributed by atoms with Crippen molar-refractivity contribution in [2.45, 2.75) is 44.9 Å². The van der Waals surface area contributed by atoms with Gasteiger partial charge < -0.3 is 15.7 Å². The first kappa shape index (κ1) is 25.8. The smallest absolute Gasteiger partial charge is 0.241 e. The maximum Gasteiger partial charge on any atom is 0.241 e. The molecule has 190 valence electrons. The van der Waals surface area contributed by atoms with Crippen molar-refractivity contribution < 1.29 is 13.5 Å². The number of hydrogen-bond acceptors (Lipinski definition) is 9. The van der Waals surface area contributed by atoms with Gasteiger partial charge in [-0.1, -0.05) is 44.2 Å². The number of phenolic OH excluding ortho intramolecular Hbond substituents is 1. The van der Waals surface area contributed by atoms with Crippen molar-refractivity contribution in [3.05, 3.63) is 59.3 Å². The zero-order valence-corrected chi connectivity index (χ0v) is 22.1. The number of rotatable bonds is 10. The summed E-state index contributed by atoms with van der Waals surface area (Å²) in [6.07, 6.45) is 2.26. The minimum atomic E-state index is -4.01. The van der Waals surface area contributed by atoms with Gasteiger partial charge in [0.05, 0.1) is 10.2 Å². The Morgan fingerprint density at radius 3 is 2.56 bits per heavy atom. The fraction of sp³-hybridized carbons (Fsp3) is 0.320. The van der Waals surface area contributed by atoms with Gasteiger partial charge >= 0.3 is 0 Å². The van der Waals surface area contributed by atoms with Gasteiger partial charge in [0.2, 0.25) is 16.0 Å². The van der Waals surface area contributed by atoms with Gasteiger partial charge in [0, 0.05) is 18.3 Å². The average molecular weight is 527 g/mol. The molecule has 0 saturated carbocycles. The molecular formula is C25H30N6O3S2. The zero-order valence-electron chi connectivity index (χ0n) is 20.4. The molecule has 0 saturated heterocycles. The molecule has 0 unspecified atom stereocenters. The Labute approximate surface area is 214 Å². The summed E-state index contributed by atoms with van der Waals surface area (Å²) in [5.74, 6) is 1.18. The summed E-state index contributed by atoms with van der Waals surface area (Å²) in [6.45, 7) is 6.86. The lowest BCUT2D eigenvalue weighted by Crippen LogP contribution is -2.14. The predicted molar refractivity (Wildman–Crippen MR) is 145 cm³/mol. The highest BCUT2D eigenvalue weighted by molar-refractivity contribution is 7.89. The monoisotopic (exact) mass is 526 g/mol. The molecule has 0 atom stereocenters. The predicted octanol–water partition coefficient (Wildman–Crippen LogP) is 4.60. The largest absolute Gasteiger partial charge is 0.507 e. The van der Waals surface area contributed by atoms with E-state index in [0.29, 0.717) is 36.2 Å². The van der Waals surface area contributed by atoms with Crippen LogP contribution in [-0.4, -0.2) is 35.0 Å². The summed E-state index contributed by atoms with van der Waals surface area (Å²) in [4.78, 5) is 13.7. The van der Waals surface area contributed by atoms with Crippen molar-refractivity contribution in [1.82, 2.24) is 15.0 Å². The van der Waals surface area contributed by atoms with Crippen LogP contribution >= 0.6 is 11.3 Å². The SMILES string of the molecule is CCc1ccc2nc(Nc3cc(CC(C)C)nc(NCCc4ccc(O)c(S(N)(=O)=O)c4)n3)sc2c1. The summed E-state index contributed by atoms with van der Waals surface area (Å²) in [6, 6.07) is 12.6. The van der Waals surface area contributed by atoms with Crippen molar-refractivity contribution in [3.8, 4) is 5.75 Å². The van der Waals surface area contributed by atoms with Gasteiger partial charge in [-0.3, -0.25) is 0 Å². The molecule has 36 heavy (non-hydrogen) atoms. The van der Waals surface area contributed by atoms with Gasteiger partial charge in [-0.05, 0) is 60.6 Å². The molecular weight excluding hydrogens is 496 g/mol. The Kier molecular flexibility index (Phi) is 7.72. The Morgan fingerprint density at radius 1 is 1.06 bits per heavy atom. The molecule has 0 aliphatic carbocycles. The summed E-state index contributed by atoms with van der Waals surface area (Å²) in [5.41, 5.74) is 3.83. The fourth-order valence-electron chi connectivity index (χ4n) is 3.78. The van der Waals surface area contributed by atoms with E-state index in [9.17, 15) is 13.5 Å². The van der Waals surface area contributed by atoms with Crippen LogP contribution in [0.25, 0.3) is 10.2 Å². The number of phenols is 1. The van der Waals surface area contributed by atoms with Crippen LogP contribution in [0.2, 0.25) is 0 Å². The van der Waals surface area contributed by atoms with Gasteiger partial charge in [0.15, 0.2) is 5.13 Å². The average Bonchev–Trinajstić information content (AvgIpc) is 3.20. The Hall–Kier alpha value is -3.28. The lowest BCUT2D eigenvalue weighted by atomic mass is 10.1. The summed E-state index contributed by atoms with van der Waals surface area (Å²) in [7, 11) is -4.01. The number of nitrogens with one attached hydrogen (secondary N) is 2. The number of benzene rings is 2. The number of sulfonamides is 1. The molecule has 2 aromatic carbocycles. The second-order valence-electron chi connectivity index (χ2n) is 8.99. The molecule has 0 aliphatic rings. The Balaban J connectivity index is 1.51. The van der Waals surface area contributed by atoms with Crippen molar-refractivity contribution >= 4 is 48.5 Å². The number of thiazole rings is 1. The Bertz CT molecular complexity index is 1480. The number of primary sulfonamides is 1. The highest BCUT2D eigenvalue weighted by atomic mass is 32.2. The first-order valence-electron chi connectivity index (χ1n) is 11.7. The number of fused-ring (bicyclic) bond motifs is 1. The second-order valence-corrected chi connectivity index (χ2v) is 11.6. The van der Waals surface area contributed by atoms with Crippen LogP contribution in [0.5, 0.6) is 5.75 Å². The van der Waals surface area contributed by atoms with E-state index in [1.54, 1.807) is 17.4 Å². The third-order valence-electron chi connectivity index (χ3n) is 5.52. The molecule has 5 N–H and O–H groups in total. The molecule has 0 aliphatic heterocycles. The van der Waals surface area contributed by atoms with Gasteiger partial charge in [0.1, 0.15) is 16.5 Å². The standard InChI is InChI=1S/C25H30N6O3S2/c1-4-16-5-7-19-21(12-16)35-25(29-19)31-23-14-18(11-15(2)3)28-24(30-23)27-10-9-17-6-8-20(32)22(13-17)36(26,33)34/h5-8,12-15,32H,4,9-11H2,1-3H3,(H2,26,33,34)(H2,27,28,29,30,31). The lowest BCUT2D eigenvalue weighted by Gasteiger charge is -2.12. The van der Waals surface area contributed by atoms with Crippen LogP contribution in [0.4, 0.5) is 16.9 Å². The van der Waals surface area contributed by atoms with Crippen LogP contribution in [-0.2, 0) is 29.3 Å². The molecule has 4 rings (SSSR count). The highest BCUT2D eigenvalue weighted by Gasteiger charge is 2.15. The maximum atomic E-state index is 11.7. The van der Waals surface area contributed by atoms with Crippen LogP contribution < -0.4 is 15.8 Å². The maximum absolute atomic E-state index is 11.7. The Morgan fingerprint density at radius 2 is 1.83 bits per heavy atom. The molecule has 2 aromatic heterocycles. The van der Waals surface area contributed by atoms with Crippen LogP contribution in [0.15, 0.2) is 47.4 Å². The minimum absolute atomic E-state index is 0.288. The normalized spacial score (nSPS) is 11.8. The van der Waals surface area contributed by atoms with Crippen LogP contribution in [0, 0.1) is 5.92 Å². The molecule has 11 heteroatoms. The highest BCUT2D eigenvalue weighted by Crippen LogP contribution is 2.29. The van der Waals surface area contributed by atoms with Gasteiger partial charge in [-0.15, -0.1) is 0 Å². The van der Waals surface area contributed by atoms with Crippen LogP contribution in [0.3, 0.4) is 0 Å². The number of aryl methyl sites for hydroxylation is 1. The molecule has 0 radical (unpaired) electrons. The number of nitrogens with zero attached hydrogens (tertiary/aromatic N) is 3. The molecule has 0 spiro atoms.